The number of anilines is 1. The molecule has 1 aliphatic heterocycles. The van der Waals surface area contributed by atoms with Crippen molar-refractivity contribution in [1.29, 1.82) is 0 Å². The number of nitrogens with zero attached hydrogens (tertiary/aromatic N) is 3. The van der Waals surface area contributed by atoms with Crippen LogP contribution in [-0.4, -0.2) is 50.4 Å². The second kappa shape index (κ2) is 6.99. The SMILES string of the molecule is COc1ccc(S(=O)(=O)N2CCN(c3cccnc3)C(=O)C2)cc1Cl. The summed E-state index contributed by atoms with van der Waals surface area (Å²) in [6, 6.07) is 7.72. The minimum atomic E-state index is -3.82. The van der Waals surface area contributed by atoms with Crippen LogP contribution in [0.2, 0.25) is 5.02 Å². The fourth-order valence-corrected chi connectivity index (χ4v) is 4.33. The number of carbonyl (C=O) groups is 1. The van der Waals surface area contributed by atoms with E-state index in [4.69, 9.17) is 16.3 Å². The second-order valence-corrected chi connectivity index (χ2v) is 7.74. The molecule has 2 aromatic rings. The Hall–Kier alpha value is -2.16. The zero-order valence-electron chi connectivity index (χ0n) is 13.4. The van der Waals surface area contributed by atoms with Gasteiger partial charge in [-0.15, -0.1) is 0 Å². The summed E-state index contributed by atoms with van der Waals surface area (Å²) >= 11 is 6.02. The quantitative estimate of drug-likeness (QED) is 0.806. The first-order valence-electron chi connectivity index (χ1n) is 7.47. The molecule has 0 radical (unpaired) electrons. The number of aromatic nitrogens is 1. The number of amides is 1. The van der Waals surface area contributed by atoms with Gasteiger partial charge in [0.25, 0.3) is 0 Å². The molecule has 0 spiro atoms. The molecule has 3 rings (SSSR count). The van der Waals surface area contributed by atoms with Crippen molar-refractivity contribution < 1.29 is 17.9 Å². The van der Waals surface area contributed by atoms with Gasteiger partial charge in [0.2, 0.25) is 15.9 Å². The minimum Gasteiger partial charge on any atom is -0.495 e. The largest absolute Gasteiger partial charge is 0.495 e. The highest BCUT2D eigenvalue weighted by Gasteiger charge is 2.33. The molecule has 9 heteroatoms. The zero-order chi connectivity index (χ0) is 18.0. The fraction of sp³-hybridized carbons (Fsp3) is 0.250. The highest BCUT2D eigenvalue weighted by molar-refractivity contribution is 7.89. The molecule has 1 saturated heterocycles. The van der Waals surface area contributed by atoms with Crippen molar-refractivity contribution in [2.75, 3.05) is 31.6 Å². The number of rotatable bonds is 4. The van der Waals surface area contributed by atoms with E-state index in [0.29, 0.717) is 11.4 Å². The molecule has 25 heavy (non-hydrogen) atoms. The van der Waals surface area contributed by atoms with Gasteiger partial charge in [0.15, 0.2) is 0 Å². The van der Waals surface area contributed by atoms with E-state index < -0.39 is 10.0 Å². The molecule has 0 saturated carbocycles. The van der Waals surface area contributed by atoms with Crippen LogP contribution >= 0.6 is 11.6 Å². The number of sulfonamides is 1. The standard InChI is InChI=1S/C16H16ClN3O4S/c1-24-15-5-4-13(9-14(15)17)25(22,23)19-7-8-20(16(21)11-19)12-3-2-6-18-10-12/h2-6,9-10H,7-8,11H2,1H3. The molecule has 1 aromatic carbocycles. The maximum Gasteiger partial charge on any atom is 0.243 e. The van der Waals surface area contributed by atoms with Crippen LogP contribution in [0.25, 0.3) is 0 Å². The van der Waals surface area contributed by atoms with E-state index >= 15 is 0 Å². The van der Waals surface area contributed by atoms with Gasteiger partial charge < -0.3 is 9.64 Å². The molecule has 1 amide bonds. The molecule has 0 unspecified atom stereocenters. The first-order valence-corrected chi connectivity index (χ1v) is 9.29. The third kappa shape index (κ3) is 3.46. The Morgan fingerprint density at radius 3 is 2.64 bits per heavy atom. The Morgan fingerprint density at radius 1 is 1.24 bits per heavy atom. The van der Waals surface area contributed by atoms with Crippen LogP contribution < -0.4 is 9.64 Å². The second-order valence-electron chi connectivity index (χ2n) is 5.39. The highest BCUT2D eigenvalue weighted by Crippen LogP contribution is 2.29. The molecule has 7 nitrogen and oxygen atoms in total. The monoisotopic (exact) mass is 381 g/mol. The van der Waals surface area contributed by atoms with Crippen LogP contribution in [0.5, 0.6) is 5.75 Å². The Labute approximate surface area is 150 Å². The molecule has 1 fully saturated rings. The number of ether oxygens (including phenoxy) is 1. The lowest BCUT2D eigenvalue weighted by Gasteiger charge is -2.33. The number of hydrogen-bond donors (Lipinski definition) is 0. The first kappa shape index (κ1) is 17.7. The Morgan fingerprint density at radius 2 is 2.04 bits per heavy atom. The van der Waals surface area contributed by atoms with Gasteiger partial charge in [-0.1, -0.05) is 11.6 Å². The van der Waals surface area contributed by atoms with Gasteiger partial charge in [0, 0.05) is 19.3 Å². The van der Waals surface area contributed by atoms with E-state index in [-0.39, 0.29) is 35.5 Å². The average Bonchev–Trinajstić information content (AvgIpc) is 2.62. The van der Waals surface area contributed by atoms with Crippen LogP contribution in [0.3, 0.4) is 0 Å². The van der Waals surface area contributed by atoms with Crippen LogP contribution in [0, 0.1) is 0 Å². The number of halogens is 1. The maximum atomic E-state index is 12.8. The molecule has 0 atom stereocenters. The van der Waals surface area contributed by atoms with E-state index in [9.17, 15) is 13.2 Å². The summed E-state index contributed by atoms with van der Waals surface area (Å²) in [6.45, 7) is 0.209. The van der Waals surface area contributed by atoms with Crippen molar-refractivity contribution in [1.82, 2.24) is 9.29 Å². The van der Waals surface area contributed by atoms with Gasteiger partial charge in [0.1, 0.15) is 5.75 Å². The summed E-state index contributed by atoms with van der Waals surface area (Å²) in [5, 5.41) is 0.198. The summed E-state index contributed by atoms with van der Waals surface area (Å²) in [6.07, 6.45) is 3.19. The molecular weight excluding hydrogens is 366 g/mol. The lowest BCUT2D eigenvalue weighted by atomic mass is 10.3. The Bertz CT molecular complexity index is 890. The highest BCUT2D eigenvalue weighted by atomic mass is 35.5. The minimum absolute atomic E-state index is 0.0286. The maximum absolute atomic E-state index is 12.8. The summed E-state index contributed by atoms with van der Waals surface area (Å²) < 4.78 is 31.7. The third-order valence-corrected chi connectivity index (χ3v) is 6.04. The predicted molar refractivity (Wildman–Crippen MR) is 93.4 cm³/mol. The van der Waals surface area contributed by atoms with Gasteiger partial charge in [-0.25, -0.2) is 8.42 Å². The van der Waals surface area contributed by atoms with Crippen molar-refractivity contribution in [2.45, 2.75) is 4.90 Å². The summed E-state index contributed by atoms with van der Waals surface area (Å²) in [4.78, 5) is 17.9. The van der Waals surface area contributed by atoms with Crippen LogP contribution in [0.1, 0.15) is 0 Å². The molecule has 0 aliphatic carbocycles. The molecular formula is C16H16ClN3O4S. The van der Waals surface area contributed by atoms with Crippen LogP contribution in [-0.2, 0) is 14.8 Å². The molecule has 1 aromatic heterocycles. The van der Waals surface area contributed by atoms with Gasteiger partial charge in [-0.2, -0.15) is 4.31 Å². The topological polar surface area (TPSA) is 79.8 Å². The van der Waals surface area contributed by atoms with E-state index in [0.717, 1.165) is 4.31 Å². The number of carbonyl (C=O) groups excluding carboxylic acids is 1. The van der Waals surface area contributed by atoms with Crippen molar-refractivity contribution in [3.63, 3.8) is 0 Å². The lowest BCUT2D eigenvalue weighted by Crippen LogP contribution is -2.52. The molecule has 132 valence electrons. The van der Waals surface area contributed by atoms with Gasteiger partial charge in [0.05, 0.1) is 35.5 Å². The van der Waals surface area contributed by atoms with E-state index in [2.05, 4.69) is 4.98 Å². The normalized spacial score (nSPS) is 16.1. The van der Waals surface area contributed by atoms with Crippen molar-refractivity contribution >= 4 is 33.2 Å². The number of benzene rings is 1. The summed E-state index contributed by atoms with van der Waals surface area (Å²) in [5.74, 6) is 0.0838. The fourth-order valence-electron chi connectivity index (χ4n) is 2.60. The molecule has 0 bridgehead atoms. The van der Waals surface area contributed by atoms with Gasteiger partial charge >= 0.3 is 0 Å². The Balaban J connectivity index is 1.81. The average molecular weight is 382 g/mol. The smallest absolute Gasteiger partial charge is 0.243 e. The van der Waals surface area contributed by atoms with E-state index in [1.165, 1.54) is 30.2 Å². The third-order valence-electron chi connectivity index (χ3n) is 3.90. The van der Waals surface area contributed by atoms with Gasteiger partial charge in [-0.3, -0.25) is 9.78 Å². The van der Waals surface area contributed by atoms with Gasteiger partial charge in [-0.05, 0) is 30.3 Å². The zero-order valence-corrected chi connectivity index (χ0v) is 15.0. The molecule has 0 N–H and O–H groups in total. The number of methoxy groups -OCH3 is 1. The van der Waals surface area contributed by atoms with Crippen molar-refractivity contribution in [2.24, 2.45) is 0 Å². The lowest BCUT2D eigenvalue weighted by molar-refractivity contribution is -0.119. The van der Waals surface area contributed by atoms with E-state index in [1.807, 2.05) is 0 Å². The van der Waals surface area contributed by atoms with Crippen molar-refractivity contribution in [3.05, 3.63) is 47.7 Å². The summed E-state index contributed by atoms with van der Waals surface area (Å²) in [5.41, 5.74) is 0.650. The number of piperazine rings is 1. The predicted octanol–water partition coefficient (Wildman–Crippen LogP) is 1.78. The molecule has 2 heterocycles. The Kier molecular flexibility index (Phi) is 4.94. The number of pyridine rings is 1. The van der Waals surface area contributed by atoms with Crippen LogP contribution in [0.15, 0.2) is 47.6 Å². The molecule has 1 aliphatic rings. The summed E-state index contributed by atoms with van der Waals surface area (Å²) in [7, 11) is -2.37. The van der Waals surface area contributed by atoms with E-state index in [1.54, 1.807) is 24.5 Å². The van der Waals surface area contributed by atoms with Crippen LogP contribution in [0.4, 0.5) is 5.69 Å². The number of hydrogen-bond acceptors (Lipinski definition) is 5. The van der Waals surface area contributed by atoms with Crippen molar-refractivity contribution in [3.8, 4) is 5.75 Å². The first-order chi connectivity index (χ1) is 11.9.